The molecule has 2 amide bonds. The van der Waals surface area contributed by atoms with E-state index in [1.807, 2.05) is 0 Å². The van der Waals surface area contributed by atoms with Gasteiger partial charge in [0.25, 0.3) is 11.8 Å². The Labute approximate surface area is 117 Å². The Morgan fingerprint density at radius 3 is 2.26 bits per heavy atom. The highest BCUT2D eigenvalue weighted by molar-refractivity contribution is 9.10. The molecule has 3 N–H and O–H groups in total. The number of hydrogen-bond donors (Lipinski definition) is 3. The van der Waals surface area contributed by atoms with Gasteiger partial charge in [0.15, 0.2) is 0 Å². The summed E-state index contributed by atoms with van der Waals surface area (Å²) in [7, 11) is 0. The molecule has 0 saturated carbocycles. The highest BCUT2D eigenvalue weighted by atomic mass is 79.9. The first-order valence-corrected chi connectivity index (χ1v) is 5.97. The first kappa shape index (κ1) is 14.9. The van der Waals surface area contributed by atoms with Crippen molar-refractivity contribution in [2.24, 2.45) is 0 Å². The van der Waals surface area contributed by atoms with Gasteiger partial charge in [0.05, 0.1) is 0 Å². The minimum Gasteiger partial charge on any atom is -0.478 e. The Hall–Kier alpha value is -2.15. The molecule has 0 aromatic heterocycles. The topological polar surface area (TPSA) is 95.5 Å². The maximum atomic E-state index is 11.6. The van der Waals surface area contributed by atoms with Crippen molar-refractivity contribution in [3.8, 4) is 0 Å². The number of amides is 2. The predicted molar refractivity (Wildman–Crippen MR) is 71.1 cm³/mol. The van der Waals surface area contributed by atoms with E-state index in [-0.39, 0.29) is 5.57 Å². The highest BCUT2D eigenvalue weighted by Gasteiger charge is 2.07. The smallest absolute Gasteiger partial charge is 0.331 e. The number of halogens is 1. The molecular weight excluding hydrogens is 316 g/mol. The second-order valence-electron chi connectivity index (χ2n) is 3.58. The molecule has 0 aliphatic rings. The molecule has 1 rings (SSSR count). The Morgan fingerprint density at radius 2 is 1.74 bits per heavy atom. The van der Waals surface area contributed by atoms with Gasteiger partial charge in [-0.3, -0.25) is 20.4 Å². The predicted octanol–water partition coefficient (Wildman–Crippen LogP) is 1.24. The van der Waals surface area contributed by atoms with E-state index in [0.717, 1.165) is 10.5 Å². The van der Waals surface area contributed by atoms with Crippen LogP contribution in [0.25, 0.3) is 0 Å². The number of benzene rings is 1. The first-order chi connectivity index (χ1) is 8.90. The number of carbonyl (C=O) groups is 3. The van der Waals surface area contributed by atoms with E-state index < -0.39 is 17.8 Å². The molecule has 100 valence electrons. The van der Waals surface area contributed by atoms with Gasteiger partial charge >= 0.3 is 5.97 Å². The van der Waals surface area contributed by atoms with Crippen molar-refractivity contribution in [2.45, 2.75) is 6.92 Å². The van der Waals surface area contributed by atoms with Crippen LogP contribution in [0.1, 0.15) is 17.3 Å². The van der Waals surface area contributed by atoms with Gasteiger partial charge in [0.2, 0.25) is 0 Å². The fraction of sp³-hybridized carbons (Fsp3) is 0.0833. The number of rotatable bonds is 3. The van der Waals surface area contributed by atoms with Crippen molar-refractivity contribution in [1.82, 2.24) is 10.9 Å². The summed E-state index contributed by atoms with van der Waals surface area (Å²) in [6.07, 6.45) is 0.879. The number of carbonyl (C=O) groups excluding carboxylic acids is 2. The number of hydrazine groups is 1. The number of carboxylic acids is 1. The fourth-order valence-electron chi connectivity index (χ4n) is 1.09. The van der Waals surface area contributed by atoms with Crippen LogP contribution in [0.4, 0.5) is 0 Å². The number of aliphatic carboxylic acids is 1. The highest BCUT2D eigenvalue weighted by Crippen LogP contribution is 2.10. The van der Waals surface area contributed by atoms with E-state index in [9.17, 15) is 14.4 Å². The van der Waals surface area contributed by atoms with Crippen LogP contribution in [-0.4, -0.2) is 22.9 Å². The third-order valence-corrected chi connectivity index (χ3v) is 2.62. The summed E-state index contributed by atoms with van der Waals surface area (Å²) >= 11 is 3.23. The van der Waals surface area contributed by atoms with Crippen molar-refractivity contribution in [3.05, 3.63) is 46.0 Å². The molecule has 0 heterocycles. The molecule has 0 aliphatic carbocycles. The normalized spacial score (nSPS) is 10.7. The average Bonchev–Trinajstić information content (AvgIpc) is 2.36. The summed E-state index contributed by atoms with van der Waals surface area (Å²) in [6, 6.07) is 6.52. The Bertz CT molecular complexity index is 537. The second-order valence-corrected chi connectivity index (χ2v) is 4.50. The largest absolute Gasteiger partial charge is 0.478 e. The SMILES string of the molecule is CC(=CC(=O)NNC(=O)c1ccc(Br)cc1)C(=O)O. The standard InChI is InChI=1S/C12H11BrN2O4/c1-7(12(18)19)6-10(16)14-15-11(17)8-2-4-9(13)5-3-8/h2-6H,1H3,(H,14,16)(H,15,17)(H,18,19). The van der Waals surface area contributed by atoms with Crippen LogP contribution in [0.5, 0.6) is 0 Å². The summed E-state index contributed by atoms with van der Waals surface area (Å²) in [4.78, 5) is 33.4. The Kier molecular flexibility index (Phi) is 5.25. The van der Waals surface area contributed by atoms with E-state index in [1.54, 1.807) is 24.3 Å². The van der Waals surface area contributed by atoms with Gasteiger partial charge in [-0.25, -0.2) is 4.79 Å². The lowest BCUT2D eigenvalue weighted by molar-refractivity contribution is -0.133. The van der Waals surface area contributed by atoms with Gasteiger partial charge in [-0.15, -0.1) is 0 Å². The van der Waals surface area contributed by atoms with Crippen LogP contribution in [-0.2, 0) is 9.59 Å². The third-order valence-electron chi connectivity index (χ3n) is 2.09. The van der Waals surface area contributed by atoms with Crippen molar-refractivity contribution in [1.29, 1.82) is 0 Å². The van der Waals surface area contributed by atoms with E-state index in [0.29, 0.717) is 5.56 Å². The zero-order valence-electron chi connectivity index (χ0n) is 9.94. The van der Waals surface area contributed by atoms with Gasteiger partial charge in [-0.2, -0.15) is 0 Å². The van der Waals surface area contributed by atoms with Gasteiger partial charge < -0.3 is 5.11 Å². The van der Waals surface area contributed by atoms with Crippen molar-refractivity contribution in [2.75, 3.05) is 0 Å². The molecular formula is C12H11BrN2O4. The number of nitrogens with one attached hydrogen (secondary N) is 2. The lowest BCUT2D eigenvalue weighted by Gasteiger charge is -2.05. The maximum Gasteiger partial charge on any atom is 0.331 e. The molecule has 0 bridgehead atoms. The molecule has 0 spiro atoms. The molecule has 0 aliphatic heterocycles. The maximum absolute atomic E-state index is 11.6. The summed E-state index contributed by atoms with van der Waals surface area (Å²) in [5, 5.41) is 8.57. The summed E-state index contributed by atoms with van der Waals surface area (Å²) in [6.45, 7) is 1.28. The van der Waals surface area contributed by atoms with E-state index in [4.69, 9.17) is 5.11 Å². The van der Waals surface area contributed by atoms with Gasteiger partial charge in [-0.1, -0.05) is 15.9 Å². The quantitative estimate of drug-likeness (QED) is 0.575. The number of carboxylic acid groups (broad SMARTS) is 1. The van der Waals surface area contributed by atoms with E-state index >= 15 is 0 Å². The molecule has 0 atom stereocenters. The van der Waals surface area contributed by atoms with Crippen LogP contribution < -0.4 is 10.9 Å². The lowest BCUT2D eigenvalue weighted by atomic mass is 10.2. The van der Waals surface area contributed by atoms with Gasteiger partial charge in [0, 0.05) is 21.7 Å². The van der Waals surface area contributed by atoms with Crippen LogP contribution in [0.2, 0.25) is 0 Å². The van der Waals surface area contributed by atoms with Crippen molar-refractivity contribution >= 4 is 33.7 Å². The minimum atomic E-state index is -1.20. The van der Waals surface area contributed by atoms with Crippen molar-refractivity contribution in [3.63, 3.8) is 0 Å². The molecule has 7 heteroatoms. The van der Waals surface area contributed by atoms with Gasteiger partial charge in [0.1, 0.15) is 0 Å². The lowest BCUT2D eigenvalue weighted by Crippen LogP contribution is -2.41. The fourth-order valence-corrected chi connectivity index (χ4v) is 1.35. The summed E-state index contributed by atoms with van der Waals surface area (Å²) < 4.78 is 0.827. The van der Waals surface area contributed by atoms with Crippen LogP contribution in [0, 0.1) is 0 Å². The Balaban J connectivity index is 2.55. The molecule has 0 fully saturated rings. The zero-order valence-corrected chi connectivity index (χ0v) is 11.5. The zero-order chi connectivity index (χ0) is 14.4. The average molecular weight is 327 g/mol. The molecule has 0 radical (unpaired) electrons. The van der Waals surface area contributed by atoms with Gasteiger partial charge in [-0.05, 0) is 31.2 Å². The molecule has 0 saturated heterocycles. The summed E-state index contributed by atoms with van der Waals surface area (Å²) in [5.74, 6) is -2.41. The second kappa shape index (κ2) is 6.69. The Morgan fingerprint density at radius 1 is 1.16 bits per heavy atom. The number of hydrogen-bond acceptors (Lipinski definition) is 3. The molecule has 19 heavy (non-hydrogen) atoms. The molecule has 6 nitrogen and oxygen atoms in total. The molecule has 1 aromatic carbocycles. The summed E-state index contributed by atoms with van der Waals surface area (Å²) in [5.41, 5.74) is 4.50. The first-order valence-electron chi connectivity index (χ1n) is 5.17. The third kappa shape index (κ3) is 4.92. The molecule has 0 unspecified atom stereocenters. The van der Waals surface area contributed by atoms with Crippen LogP contribution >= 0.6 is 15.9 Å². The van der Waals surface area contributed by atoms with Crippen LogP contribution in [0.3, 0.4) is 0 Å². The van der Waals surface area contributed by atoms with E-state index in [1.165, 1.54) is 6.92 Å². The molecule has 1 aromatic rings. The monoisotopic (exact) mass is 326 g/mol. The van der Waals surface area contributed by atoms with E-state index in [2.05, 4.69) is 26.8 Å². The minimum absolute atomic E-state index is 0.129. The van der Waals surface area contributed by atoms with Crippen molar-refractivity contribution < 1.29 is 19.5 Å². The van der Waals surface area contributed by atoms with Crippen LogP contribution in [0.15, 0.2) is 40.4 Å².